The number of hydrogen-bond acceptors (Lipinski definition) is 4. The molecule has 3 rings (SSSR count). The van der Waals surface area contributed by atoms with Gasteiger partial charge in [-0.25, -0.2) is 0 Å². The topological polar surface area (TPSA) is 64.9 Å². The van der Waals surface area contributed by atoms with Crippen LogP contribution in [0.1, 0.15) is 42.1 Å². The standard InChI is InChI=1S/C12H13N3O.ClH/c13-10(8-4-2-1-3-5-8)11-14-12(16-15-11)9-6-7-9;/h1-5,9-10H,6-7,13H2;1H. The molecule has 0 bridgehead atoms. The van der Waals surface area contributed by atoms with Crippen molar-refractivity contribution >= 4 is 12.4 Å². The number of nitrogens with two attached hydrogens (primary N) is 1. The maximum absolute atomic E-state index is 6.07. The van der Waals surface area contributed by atoms with Crippen molar-refractivity contribution in [2.45, 2.75) is 24.8 Å². The van der Waals surface area contributed by atoms with Crippen LogP contribution in [0.4, 0.5) is 0 Å². The lowest BCUT2D eigenvalue weighted by Gasteiger charge is -2.05. The molecule has 0 aliphatic heterocycles. The molecule has 0 amide bonds. The molecule has 1 atom stereocenters. The molecule has 2 aromatic rings. The summed E-state index contributed by atoms with van der Waals surface area (Å²) in [4.78, 5) is 4.35. The van der Waals surface area contributed by atoms with Crippen LogP contribution < -0.4 is 5.73 Å². The van der Waals surface area contributed by atoms with Crippen molar-refractivity contribution in [1.29, 1.82) is 0 Å². The Balaban J connectivity index is 0.00000108. The minimum absolute atomic E-state index is 0. The Morgan fingerprint density at radius 2 is 1.94 bits per heavy atom. The van der Waals surface area contributed by atoms with Gasteiger partial charge in [0.1, 0.15) is 0 Å². The van der Waals surface area contributed by atoms with E-state index < -0.39 is 0 Å². The molecule has 1 aromatic heterocycles. The predicted octanol–water partition coefficient (Wildman–Crippen LogP) is 2.42. The van der Waals surface area contributed by atoms with Gasteiger partial charge in [0.2, 0.25) is 5.89 Å². The number of aromatic nitrogens is 2. The maximum atomic E-state index is 6.07. The van der Waals surface area contributed by atoms with E-state index in [1.165, 1.54) is 0 Å². The van der Waals surface area contributed by atoms with E-state index in [2.05, 4.69) is 10.1 Å². The Bertz CT molecular complexity index is 482. The first-order valence-corrected chi connectivity index (χ1v) is 5.48. The van der Waals surface area contributed by atoms with Crippen LogP contribution in [-0.4, -0.2) is 10.1 Å². The first-order valence-electron chi connectivity index (χ1n) is 5.48. The molecule has 1 unspecified atom stereocenters. The van der Waals surface area contributed by atoms with Crippen LogP contribution in [0.5, 0.6) is 0 Å². The highest BCUT2D eigenvalue weighted by molar-refractivity contribution is 5.85. The van der Waals surface area contributed by atoms with Crippen molar-refractivity contribution in [3.63, 3.8) is 0 Å². The third kappa shape index (κ3) is 2.48. The number of rotatable bonds is 3. The summed E-state index contributed by atoms with van der Waals surface area (Å²) in [7, 11) is 0. The van der Waals surface area contributed by atoms with E-state index in [-0.39, 0.29) is 18.4 Å². The smallest absolute Gasteiger partial charge is 0.229 e. The van der Waals surface area contributed by atoms with Crippen LogP contribution in [0.25, 0.3) is 0 Å². The Morgan fingerprint density at radius 3 is 2.59 bits per heavy atom. The van der Waals surface area contributed by atoms with Gasteiger partial charge in [-0.1, -0.05) is 35.5 Å². The predicted molar refractivity (Wildman–Crippen MR) is 66.0 cm³/mol. The Labute approximate surface area is 106 Å². The van der Waals surface area contributed by atoms with Crippen LogP contribution in [0.15, 0.2) is 34.9 Å². The van der Waals surface area contributed by atoms with Crippen molar-refractivity contribution in [3.8, 4) is 0 Å². The Morgan fingerprint density at radius 1 is 1.24 bits per heavy atom. The molecule has 1 aliphatic carbocycles. The lowest BCUT2D eigenvalue weighted by Crippen LogP contribution is -2.13. The molecule has 2 N–H and O–H groups in total. The second kappa shape index (κ2) is 4.85. The normalized spacial score (nSPS) is 16.3. The highest BCUT2D eigenvalue weighted by Gasteiger charge is 2.30. The van der Waals surface area contributed by atoms with Gasteiger partial charge in [-0.3, -0.25) is 0 Å². The lowest BCUT2D eigenvalue weighted by atomic mass is 10.1. The quantitative estimate of drug-likeness (QED) is 0.910. The lowest BCUT2D eigenvalue weighted by molar-refractivity contribution is 0.372. The van der Waals surface area contributed by atoms with Crippen molar-refractivity contribution in [3.05, 3.63) is 47.6 Å². The average Bonchev–Trinajstić information content (AvgIpc) is 3.08. The largest absolute Gasteiger partial charge is 0.339 e. The summed E-state index contributed by atoms with van der Waals surface area (Å²) in [6.07, 6.45) is 2.31. The number of hydrogen-bond donors (Lipinski definition) is 1. The van der Waals surface area contributed by atoms with E-state index in [1.807, 2.05) is 30.3 Å². The van der Waals surface area contributed by atoms with Gasteiger partial charge in [-0.2, -0.15) is 4.98 Å². The maximum Gasteiger partial charge on any atom is 0.229 e. The van der Waals surface area contributed by atoms with Gasteiger partial charge in [0.25, 0.3) is 0 Å². The van der Waals surface area contributed by atoms with E-state index in [0.717, 1.165) is 24.3 Å². The van der Waals surface area contributed by atoms with Crippen LogP contribution in [0.3, 0.4) is 0 Å². The minimum Gasteiger partial charge on any atom is -0.339 e. The second-order valence-electron chi connectivity index (χ2n) is 4.15. The van der Waals surface area contributed by atoms with E-state index >= 15 is 0 Å². The average molecular weight is 252 g/mol. The molecule has 0 saturated heterocycles. The van der Waals surface area contributed by atoms with Gasteiger partial charge < -0.3 is 10.3 Å². The molecule has 0 spiro atoms. The Hall–Kier alpha value is -1.39. The molecule has 0 radical (unpaired) electrons. The molecular formula is C12H14ClN3O. The van der Waals surface area contributed by atoms with Crippen LogP contribution >= 0.6 is 12.4 Å². The molecule has 1 saturated carbocycles. The summed E-state index contributed by atoms with van der Waals surface area (Å²) in [5.41, 5.74) is 7.07. The van der Waals surface area contributed by atoms with Crippen molar-refractivity contribution < 1.29 is 4.52 Å². The van der Waals surface area contributed by atoms with Gasteiger partial charge in [0, 0.05) is 5.92 Å². The molecule has 1 aromatic carbocycles. The fourth-order valence-electron chi connectivity index (χ4n) is 1.68. The molecule has 90 valence electrons. The van der Waals surface area contributed by atoms with Crippen LogP contribution in [0.2, 0.25) is 0 Å². The third-order valence-corrected chi connectivity index (χ3v) is 2.82. The molecule has 1 aliphatic rings. The zero-order chi connectivity index (χ0) is 11.0. The summed E-state index contributed by atoms with van der Waals surface area (Å²) in [6, 6.07) is 9.52. The van der Waals surface area contributed by atoms with E-state index in [4.69, 9.17) is 10.3 Å². The van der Waals surface area contributed by atoms with Gasteiger partial charge in [0.15, 0.2) is 5.82 Å². The summed E-state index contributed by atoms with van der Waals surface area (Å²) < 4.78 is 5.19. The van der Waals surface area contributed by atoms with Gasteiger partial charge in [-0.05, 0) is 18.4 Å². The van der Waals surface area contributed by atoms with Gasteiger partial charge in [0.05, 0.1) is 6.04 Å². The fourth-order valence-corrected chi connectivity index (χ4v) is 1.68. The summed E-state index contributed by atoms with van der Waals surface area (Å²) in [5, 5.41) is 3.94. The van der Waals surface area contributed by atoms with Crippen molar-refractivity contribution in [1.82, 2.24) is 10.1 Å². The van der Waals surface area contributed by atoms with E-state index in [1.54, 1.807) is 0 Å². The summed E-state index contributed by atoms with van der Waals surface area (Å²) >= 11 is 0. The molecule has 1 fully saturated rings. The third-order valence-electron chi connectivity index (χ3n) is 2.82. The van der Waals surface area contributed by atoms with Crippen LogP contribution in [-0.2, 0) is 0 Å². The van der Waals surface area contributed by atoms with Crippen molar-refractivity contribution in [2.24, 2.45) is 5.73 Å². The number of benzene rings is 1. The molecular weight excluding hydrogens is 238 g/mol. The van der Waals surface area contributed by atoms with Gasteiger partial charge in [-0.15, -0.1) is 12.4 Å². The molecule has 4 nitrogen and oxygen atoms in total. The van der Waals surface area contributed by atoms with Crippen molar-refractivity contribution in [2.75, 3.05) is 0 Å². The summed E-state index contributed by atoms with van der Waals surface area (Å²) in [6.45, 7) is 0. The van der Waals surface area contributed by atoms with Gasteiger partial charge >= 0.3 is 0 Å². The minimum atomic E-state index is -0.294. The van der Waals surface area contributed by atoms with E-state index in [0.29, 0.717) is 11.7 Å². The first-order chi connectivity index (χ1) is 7.84. The highest BCUT2D eigenvalue weighted by Crippen LogP contribution is 2.39. The van der Waals surface area contributed by atoms with E-state index in [9.17, 15) is 0 Å². The molecule has 5 heteroatoms. The molecule has 17 heavy (non-hydrogen) atoms. The second-order valence-corrected chi connectivity index (χ2v) is 4.15. The molecule has 1 heterocycles. The highest BCUT2D eigenvalue weighted by atomic mass is 35.5. The SMILES string of the molecule is Cl.NC(c1ccccc1)c1noc(C2CC2)n1. The fraction of sp³-hybridized carbons (Fsp3) is 0.333. The Kier molecular flexibility index (Phi) is 3.45. The van der Waals surface area contributed by atoms with Crippen LogP contribution in [0, 0.1) is 0 Å². The zero-order valence-electron chi connectivity index (χ0n) is 9.24. The summed E-state index contributed by atoms with van der Waals surface area (Å²) in [5.74, 6) is 1.79. The number of nitrogens with zero attached hydrogens (tertiary/aromatic N) is 2. The zero-order valence-corrected chi connectivity index (χ0v) is 10.1. The number of halogens is 1. The monoisotopic (exact) mass is 251 g/mol. The first kappa shape index (κ1) is 12.1.